The van der Waals surface area contributed by atoms with E-state index in [2.05, 4.69) is 10.4 Å². The lowest BCUT2D eigenvalue weighted by Gasteiger charge is -2.27. The number of hydrogen-bond acceptors (Lipinski definition) is 3. The highest BCUT2D eigenvalue weighted by molar-refractivity contribution is 5.87. The van der Waals surface area contributed by atoms with Crippen molar-refractivity contribution in [3.63, 3.8) is 0 Å². The topological polar surface area (TPSA) is 52.6 Å². The van der Waals surface area contributed by atoms with Gasteiger partial charge in [0.25, 0.3) is 0 Å². The van der Waals surface area contributed by atoms with Gasteiger partial charge in [-0.3, -0.25) is 5.43 Å². The summed E-state index contributed by atoms with van der Waals surface area (Å²) in [6, 6.07) is 3.87. The van der Waals surface area contributed by atoms with Crippen molar-refractivity contribution < 1.29 is 14.3 Å². The minimum Gasteiger partial charge on any atom is -0.478 e. The molecule has 18 heavy (non-hydrogen) atoms. The highest BCUT2D eigenvalue weighted by Gasteiger charge is 2.12. The average molecular weight is 252 g/mol. The number of nitrogens with zero attached hydrogens (tertiary/aromatic N) is 1. The van der Waals surface area contributed by atoms with E-state index in [4.69, 9.17) is 5.11 Å². The lowest BCUT2D eigenvalue weighted by Crippen LogP contribution is -2.41. The maximum absolute atomic E-state index is 13.5. The van der Waals surface area contributed by atoms with E-state index >= 15 is 0 Å². The Bertz CT molecular complexity index is 431. The van der Waals surface area contributed by atoms with E-state index in [9.17, 15) is 9.18 Å². The minimum absolute atomic E-state index is 0.117. The van der Waals surface area contributed by atoms with Gasteiger partial charge < -0.3 is 5.11 Å². The molecule has 1 fully saturated rings. The van der Waals surface area contributed by atoms with Gasteiger partial charge in [-0.2, -0.15) is 0 Å². The third kappa shape index (κ3) is 3.27. The molecule has 1 aliphatic rings. The summed E-state index contributed by atoms with van der Waals surface area (Å²) >= 11 is 0. The number of piperidine rings is 1. The van der Waals surface area contributed by atoms with Gasteiger partial charge in [-0.15, -0.1) is 0 Å². The highest BCUT2D eigenvalue weighted by atomic mass is 19.1. The first-order chi connectivity index (χ1) is 8.66. The lowest BCUT2D eigenvalue weighted by molar-refractivity contribution is 0.0696. The van der Waals surface area contributed by atoms with Gasteiger partial charge in [0.1, 0.15) is 5.82 Å². The molecule has 0 saturated carbocycles. The first-order valence-corrected chi connectivity index (χ1v) is 6.17. The molecule has 1 heterocycles. The van der Waals surface area contributed by atoms with Gasteiger partial charge in [-0.05, 0) is 31.0 Å². The van der Waals surface area contributed by atoms with E-state index in [1.807, 2.05) is 0 Å². The van der Waals surface area contributed by atoms with Gasteiger partial charge in [-0.25, -0.2) is 14.2 Å². The van der Waals surface area contributed by atoms with Gasteiger partial charge in [-0.1, -0.05) is 6.42 Å². The Morgan fingerprint density at radius 2 is 2.06 bits per heavy atom. The van der Waals surface area contributed by atoms with E-state index in [-0.39, 0.29) is 11.4 Å². The number of nitrogens with one attached hydrogen (secondary N) is 1. The number of rotatable bonds is 4. The Balaban J connectivity index is 1.99. The Morgan fingerprint density at radius 3 is 2.72 bits per heavy atom. The van der Waals surface area contributed by atoms with Crippen LogP contribution in [0.5, 0.6) is 0 Å². The molecule has 2 rings (SSSR count). The molecule has 0 atom stereocenters. The predicted molar refractivity (Wildman–Crippen MR) is 65.6 cm³/mol. The summed E-state index contributed by atoms with van der Waals surface area (Å²) in [4.78, 5) is 10.8. The molecule has 0 bridgehead atoms. The van der Waals surface area contributed by atoms with E-state index in [1.54, 1.807) is 0 Å². The number of aromatic carboxylic acids is 1. The smallest absolute Gasteiger partial charge is 0.335 e. The van der Waals surface area contributed by atoms with Crippen LogP contribution in [0.4, 0.5) is 4.39 Å². The SMILES string of the molecule is O=C(O)c1ccc(F)c(CNN2CCCCC2)c1. The Kier molecular flexibility index (Phi) is 4.28. The second-order valence-electron chi connectivity index (χ2n) is 4.49. The molecule has 0 unspecified atom stereocenters. The van der Waals surface area contributed by atoms with Crippen molar-refractivity contribution >= 4 is 5.97 Å². The van der Waals surface area contributed by atoms with Crippen LogP contribution in [0.25, 0.3) is 0 Å². The summed E-state index contributed by atoms with van der Waals surface area (Å²) in [7, 11) is 0. The summed E-state index contributed by atoms with van der Waals surface area (Å²) in [5, 5.41) is 10.9. The molecule has 1 saturated heterocycles. The molecule has 4 nitrogen and oxygen atoms in total. The number of carbonyl (C=O) groups is 1. The number of carboxylic acid groups (broad SMARTS) is 1. The molecule has 5 heteroatoms. The second-order valence-corrected chi connectivity index (χ2v) is 4.49. The summed E-state index contributed by atoms with van der Waals surface area (Å²) in [6.07, 6.45) is 3.52. The molecule has 0 aromatic heterocycles. The number of hydrogen-bond donors (Lipinski definition) is 2. The third-order valence-electron chi connectivity index (χ3n) is 3.14. The average Bonchev–Trinajstić information content (AvgIpc) is 2.38. The molecule has 1 aromatic carbocycles. The van der Waals surface area contributed by atoms with Crippen LogP contribution >= 0.6 is 0 Å². The van der Waals surface area contributed by atoms with Crippen LogP contribution in [0.3, 0.4) is 0 Å². The van der Waals surface area contributed by atoms with Crippen LogP contribution in [0.2, 0.25) is 0 Å². The maximum Gasteiger partial charge on any atom is 0.335 e. The Hall–Kier alpha value is -1.46. The molecule has 0 aliphatic carbocycles. The fraction of sp³-hybridized carbons (Fsp3) is 0.462. The van der Waals surface area contributed by atoms with Crippen molar-refractivity contribution in [2.45, 2.75) is 25.8 Å². The van der Waals surface area contributed by atoms with Crippen LogP contribution in [0, 0.1) is 5.82 Å². The largest absolute Gasteiger partial charge is 0.478 e. The quantitative estimate of drug-likeness (QED) is 0.860. The zero-order valence-corrected chi connectivity index (χ0v) is 10.2. The van der Waals surface area contributed by atoms with Crippen molar-refractivity contribution in [3.8, 4) is 0 Å². The van der Waals surface area contributed by atoms with Crippen molar-refractivity contribution in [2.75, 3.05) is 13.1 Å². The normalized spacial score (nSPS) is 16.7. The molecule has 1 aromatic rings. The van der Waals surface area contributed by atoms with E-state index in [1.165, 1.54) is 24.6 Å². The molecule has 98 valence electrons. The van der Waals surface area contributed by atoms with E-state index in [0.29, 0.717) is 12.1 Å². The number of carboxylic acids is 1. The van der Waals surface area contributed by atoms with Gasteiger partial charge >= 0.3 is 5.97 Å². The fourth-order valence-electron chi connectivity index (χ4n) is 2.09. The molecule has 0 spiro atoms. The molecular weight excluding hydrogens is 235 g/mol. The molecule has 1 aliphatic heterocycles. The summed E-state index contributed by atoms with van der Waals surface area (Å²) in [5.41, 5.74) is 3.65. The number of benzene rings is 1. The molecule has 2 N–H and O–H groups in total. The number of halogens is 1. The summed E-state index contributed by atoms with van der Waals surface area (Å²) in [5.74, 6) is -1.40. The monoisotopic (exact) mass is 252 g/mol. The third-order valence-corrected chi connectivity index (χ3v) is 3.14. The van der Waals surface area contributed by atoms with E-state index in [0.717, 1.165) is 25.9 Å². The Labute approximate surface area is 105 Å². The molecule has 0 radical (unpaired) electrons. The number of hydrazine groups is 1. The zero-order chi connectivity index (χ0) is 13.0. The highest BCUT2D eigenvalue weighted by Crippen LogP contribution is 2.12. The zero-order valence-electron chi connectivity index (χ0n) is 10.2. The second kappa shape index (κ2) is 5.93. The van der Waals surface area contributed by atoms with Crippen molar-refractivity contribution in [1.29, 1.82) is 0 Å². The van der Waals surface area contributed by atoms with Crippen LogP contribution in [-0.2, 0) is 6.54 Å². The van der Waals surface area contributed by atoms with Crippen LogP contribution in [0.1, 0.15) is 35.2 Å². The van der Waals surface area contributed by atoms with Gasteiger partial charge in [0.15, 0.2) is 0 Å². The van der Waals surface area contributed by atoms with Crippen molar-refractivity contribution in [3.05, 3.63) is 35.1 Å². The van der Waals surface area contributed by atoms with Crippen molar-refractivity contribution in [1.82, 2.24) is 10.4 Å². The summed E-state index contributed by atoms with van der Waals surface area (Å²) in [6.45, 7) is 2.24. The molecule has 0 amide bonds. The standard InChI is InChI=1S/C13H17FN2O2/c14-12-5-4-10(13(17)18)8-11(12)9-15-16-6-2-1-3-7-16/h4-5,8,15H,1-3,6-7,9H2,(H,17,18). The van der Waals surface area contributed by atoms with Crippen LogP contribution in [0.15, 0.2) is 18.2 Å². The first-order valence-electron chi connectivity index (χ1n) is 6.17. The summed E-state index contributed by atoms with van der Waals surface area (Å²) < 4.78 is 13.5. The first kappa shape index (κ1) is 13.0. The minimum atomic E-state index is -1.03. The van der Waals surface area contributed by atoms with Gasteiger partial charge in [0.2, 0.25) is 0 Å². The van der Waals surface area contributed by atoms with E-state index < -0.39 is 5.97 Å². The maximum atomic E-state index is 13.5. The predicted octanol–water partition coefficient (Wildman–Crippen LogP) is 2.01. The van der Waals surface area contributed by atoms with Crippen LogP contribution in [-0.4, -0.2) is 29.2 Å². The molecular formula is C13H17FN2O2. The van der Waals surface area contributed by atoms with Crippen molar-refractivity contribution in [2.24, 2.45) is 0 Å². The fourth-order valence-corrected chi connectivity index (χ4v) is 2.09. The van der Waals surface area contributed by atoms with Gasteiger partial charge in [0, 0.05) is 25.2 Å². The Morgan fingerprint density at radius 1 is 1.33 bits per heavy atom. The lowest BCUT2D eigenvalue weighted by atomic mass is 10.1. The van der Waals surface area contributed by atoms with Crippen LogP contribution < -0.4 is 5.43 Å². The van der Waals surface area contributed by atoms with Gasteiger partial charge in [0.05, 0.1) is 5.56 Å².